The highest BCUT2D eigenvalue weighted by atomic mass is 32.1. The molecule has 398 valence electrons. The molecule has 13 heteroatoms. The highest BCUT2D eigenvalue weighted by molar-refractivity contribution is 7.18. The van der Waals surface area contributed by atoms with E-state index in [4.69, 9.17) is 15.0 Å². The first-order valence-corrected chi connectivity index (χ1v) is 28.4. The molecule has 2 fully saturated rings. The zero-order valence-electron chi connectivity index (χ0n) is 44.4. The lowest BCUT2D eigenvalue weighted by molar-refractivity contribution is -0.107. The fraction of sp³-hybridized carbons (Fsp3) is 0.209. The van der Waals surface area contributed by atoms with E-state index in [1.807, 2.05) is 24.4 Å². The highest BCUT2D eigenvalue weighted by Gasteiger charge is 2.45. The number of anilines is 1. The van der Waals surface area contributed by atoms with Crippen molar-refractivity contribution in [1.29, 1.82) is 0 Å². The summed E-state index contributed by atoms with van der Waals surface area (Å²) in [6, 6.07) is 67.3. The number of fused-ring (bicyclic) bond motifs is 1. The monoisotopic (exact) mass is 1070 g/mol. The first kappa shape index (κ1) is 51.9. The average Bonchev–Trinajstić information content (AvgIpc) is 3.84. The Morgan fingerprint density at radius 2 is 0.988 bits per heavy atom. The number of carbonyl (C=O) groups excluding carboxylic acids is 1. The normalized spacial score (nSPS) is 13.4. The van der Waals surface area contributed by atoms with Crippen molar-refractivity contribution in [2.45, 2.75) is 74.4 Å². The Bertz CT molecular complexity index is 3600. The number of benzene rings is 6. The number of thiazole rings is 1. The molecule has 5 heterocycles. The third kappa shape index (κ3) is 10.4. The lowest BCUT2D eigenvalue weighted by Crippen LogP contribution is -2.40. The number of aromatic nitrogens is 8. The van der Waals surface area contributed by atoms with Crippen molar-refractivity contribution < 1.29 is 9.18 Å². The van der Waals surface area contributed by atoms with E-state index in [-0.39, 0.29) is 12.4 Å². The Kier molecular flexibility index (Phi) is 15.4. The largest absolute Gasteiger partial charge is 0.362 e. The molecule has 6 aromatic carbocycles. The van der Waals surface area contributed by atoms with Crippen molar-refractivity contribution in [2.24, 2.45) is 0 Å². The minimum atomic E-state index is -0.601. The van der Waals surface area contributed by atoms with Crippen LogP contribution in [0.5, 0.6) is 0 Å². The van der Waals surface area contributed by atoms with E-state index in [1.54, 1.807) is 23.6 Å². The third-order valence-electron chi connectivity index (χ3n) is 15.3. The fourth-order valence-corrected chi connectivity index (χ4v) is 12.3. The molecular formula is C67H61FN10OS. The Hall–Kier alpha value is -8.78. The van der Waals surface area contributed by atoms with Crippen LogP contribution >= 0.6 is 11.3 Å². The van der Waals surface area contributed by atoms with Gasteiger partial charge in [0.2, 0.25) is 0 Å². The van der Waals surface area contributed by atoms with E-state index in [1.165, 1.54) is 66.2 Å². The Balaban J connectivity index is 0.000000181. The number of hydrogen-bond acceptors (Lipinski definition) is 10. The van der Waals surface area contributed by atoms with Crippen molar-refractivity contribution in [2.75, 3.05) is 18.4 Å². The number of imidazole rings is 2. The third-order valence-corrected chi connectivity index (χ3v) is 16.4. The molecule has 2 aliphatic rings. The van der Waals surface area contributed by atoms with Crippen LogP contribution in [-0.4, -0.2) is 58.4 Å². The number of pyridine rings is 1. The molecular weight excluding hydrogens is 1010 g/mol. The van der Waals surface area contributed by atoms with E-state index in [0.717, 1.165) is 70.4 Å². The van der Waals surface area contributed by atoms with E-state index in [0.29, 0.717) is 35.3 Å². The van der Waals surface area contributed by atoms with Crippen molar-refractivity contribution in [3.8, 4) is 0 Å². The van der Waals surface area contributed by atoms with E-state index in [9.17, 15) is 9.18 Å². The van der Waals surface area contributed by atoms with Gasteiger partial charge in [0.05, 0.1) is 23.7 Å². The Morgan fingerprint density at radius 3 is 1.44 bits per heavy atom. The maximum absolute atomic E-state index is 14.1. The van der Waals surface area contributed by atoms with Crippen LogP contribution in [0.25, 0.3) is 10.3 Å². The zero-order chi connectivity index (χ0) is 54.1. The molecule has 0 spiro atoms. The zero-order valence-corrected chi connectivity index (χ0v) is 45.2. The van der Waals surface area contributed by atoms with Gasteiger partial charge in [-0.15, -0.1) is 0 Å². The van der Waals surface area contributed by atoms with Crippen LogP contribution in [0.3, 0.4) is 0 Å². The molecule has 0 saturated heterocycles. The maximum Gasteiger partial charge on any atom is 0.157 e. The molecule has 0 atom stereocenters. The van der Waals surface area contributed by atoms with Crippen molar-refractivity contribution in [3.05, 3.63) is 292 Å². The SMILES string of the molecule is Fc1cccnc1CNc1ncnc2sc(CCNCCc3ncc(C4CC4)n3C(c3ccccc3)(c3ccccc3)c3ccccc3)nc12.O=CCc1ncc(C2CC2)n1C(c1ccccc1)(c1ccccc1)c1ccccc1. The molecule has 0 unspecified atom stereocenters. The van der Waals surface area contributed by atoms with Gasteiger partial charge >= 0.3 is 0 Å². The number of aldehydes is 1. The summed E-state index contributed by atoms with van der Waals surface area (Å²) in [7, 11) is 0. The number of nitrogens with one attached hydrogen (secondary N) is 2. The average molecular weight is 1070 g/mol. The fourth-order valence-electron chi connectivity index (χ4n) is 11.4. The molecule has 80 heavy (non-hydrogen) atoms. The van der Waals surface area contributed by atoms with Crippen LogP contribution < -0.4 is 10.6 Å². The second-order valence-electron chi connectivity index (χ2n) is 20.4. The first-order chi connectivity index (χ1) is 39.6. The summed E-state index contributed by atoms with van der Waals surface area (Å²) in [6.07, 6.45) is 14.7. The van der Waals surface area contributed by atoms with Crippen molar-refractivity contribution in [1.82, 2.24) is 44.4 Å². The predicted molar refractivity (Wildman–Crippen MR) is 314 cm³/mol. The predicted octanol–water partition coefficient (Wildman–Crippen LogP) is 12.9. The smallest absolute Gasteiger partial charge is 0.157 e. The molecule has 13 rings (SSSR count). The molecule has 2 N–H and O–H groups in total. The molecule has 11 nitrogen and oxygen atoms in total. The van der Waals surface area contributed by atoms with Gasteiger partial charge < -0.3 is 24.6 Å². The van der Waals surface area contributed by atoms with Crippen LogP contribution in [0, 0.1) is 5.82 Å². The summed E-state index contributed by atoms with van der Waals surface area (Å²) in [5, 5.41) is 7.81. The van der Waals surface area contributed by atoms with Crippen LogP contribution in [0.1, 0.15) is 105 Å². The summed E-state index contributed by atoms with van der Waals surface area (Å²) >= 11 is 1.55. The minimum Gasteiger partial charge on any atom is -0.362 e. The Morgan fingerprint density at radius 1 is 0.537 bits per heavy atom. The summed E-state index contributed by atoms with van der Waals surface area (Å²) in [5.74, 6) is 3.09. The standard InChI is InChI=1S/C40H37FN8S.C27H24N2O/c41-32-17-10-22-43-33(32)25-45-38-37-39(47-27-46-38)50-36(48-37)21-24-42-23-20-35-44-26-34(28-18-19-28)49(35)40(29-11-4-1-5-12-29,30-13-6-2-7-14-30)31-15-8-3-9-16-31;30-19-18-26-28-20-25(21-16-17-21)29(26)27(22-10-4-1-5-11-22,23-12-6-2-7-13-23)24-14-8-3-9-15-24/h1-17,22,26-28,42H,18-21,23-25H2,(H,45,46,47);1-15,19-21H,16-18H2. The van der Waals surface area contributed by atoms with E-state index < -0.39 is 11.1 Å². The highest BCUT2D eigenvalue weighted by Crippen LogP contribution is 2.50. The summed E-state index contributed by atoms with van der Waals surface area (Å²) < 4.78 is 19.0. The molecule has 0 bridgehead atoms. The lowest BCUT2D eigenvalue weighted by atomic mass is 9.76. The minimum absolute atomic E-state index is 0.214. The van der Waals surface area contributed by atoms with E-state index in [2.05, 4.69) is 205 Å². The van der Waals surface area contributed by atoms with Crippen LogP contribution in [-0.2, 0) is 41.7 Å². The van der Waals surface area contributed by atoms with Crippen LogP contribution in [0.2, 0.25) is 0 Å². The summed E-state index contributed by atoms with van der Waals surface area (Å²) in [4.78, 5) is 40.0. The van der Waals surface area contributed by atoms with Crippen LogP contribution in [0.15, 0.2) is 219 Å². The van der Waals surface area contributed by atoms with Gasteiger partial charge in [0.15, 0.2) is 5.82 Å². The van der Waals surface area contributed by atoms with Crippen molar-refractivity contribution >= 4 is 33.8 Å². The molecule has 0 radical (unpaired) electrons. The van der Waals surface area contributed by atoms with Gasteiger partial charge in [-0.25, -0.2) is 29.3 Å². The van der Waals surface area contributed by atoms with E-state index >= 15 is 0 Å². The second-order valence-corrected chi connectivity index (χ2v) is 21.5. The molecule has 5 aromatic heterocycles. The molecule has 2 aliphatic carbocycles. The summed E-state index contributed by atoms with van der Waals surface area (Å²) in [6.45, 7) is 1.74. The molecule has 11 aromatic rings. The van der Waals surface area contributed by atoms with Gasteiger partial charge in [-0.1, -0.05) is 193 Å². The van der Waals surface area contributed by atoms with Gasteiger partial charge in [-0.3, -0.25) is 4.98 Å². The number of nitrogens with zero attached hydrogens (tertiary/aromatic N) is 8. The lowest BCUT2D eigenvalue weighted by Gasteiger charge is -2.40. The van der Waals surface area contributed by atoms with Gasteiger partial charge in [0.25, 0.3) is 0 Å². The van der Waals surface area contributed by atoms with Gasteiger partial charge in [0.1, 0.15) is 51.5 Å². The molecule has 0 amide bonds. The second kappa shape index (κ2) is 23.7. The number of halogens is 1. The topological polar surface area (TPSA) is 128 Å². The quantitative estimate of drug-likeness (QED) is 0.0411. The summed E-state index contributed by atoms with van der Waals surface area (Å²) in [5.41, 5.74) is 9.47. The van der Waals surface area contributed by atoms with Gasteiger partial charge in [0, 0.05) is 67.7 Å². The van der Waals surface area contributed by atoms with Gasteiger partial charge in [-0.2, -0.15) is 0 Å². The molecule has 0 aliphatic heterocycles. The van der Waals surface area contributed by atoms with Crippen molar-refractivity contribution in [3.63, 3.8) is 0 Å². The van der Waals surface area contributed by atoms with Gasteiger partial charge in [-0.05, 0) is 71.2 Å². The number of rotatable bonds is 21. The van der Waals surface area contributed by atoms with Crippen LogP contribution in [0.4, 0.5) is 10.2 Å². The Labute approximate surface area is 469 Å². The maximum atomic E-state index is 14.1. The first-order valence-electron chi connectivity index (χ1n) is 27.6. The molecule has 2 saturated carbocycles. The number of hydrogen-bond donors (Lipinski definition) is 2. The number of carbonyl (C=O) groups is 1.